The molecule has 18 heavy (non-hydrogen) atoms. The fourth-order valence-corrected chi connectivity index (χ4v) is 1.66. The zero-order valence-corrected chi connectivity index (χ0v) is 9.92. The number of aromatic nitrogens is 4. The van der Waals surface area contributed by atoms with Crippen LogP contribution in [0.25, 0.3) is 0 Å². The number of hydrogen-bond donors (Lipinski definition) is 3. The molecule has 0 bridgehead atoms. The number of carboxylic acid groups (broad SMARTS) is 1. The minimum atomic E-state index is -1.14. The highest BCUT2D eigenvalue weighted by atomic mass is 35.5. The predicted molar refractivity (Wildman–Crippen MR) is 63.2 cm³/mol. The second-order valence-corrected chi connectivity index (χ2v) is 4.04. The maximum absolute atomic E-state index is 10.7. The van der Waals surface area contributed by atoms with Crippen molar-refractivity contribution in [2.45, 2.75) is 12.5 Å². The third-order valence-corrected chi connectivity index (χ3v) is 2.58. The van der Waals surface area contributed by atoms with Crippen LogP contribution >= 0.6 is 11.6 Å². The van der Waals surface area contributed by atoms with Crippen LogP contribution in [0.3, 0.4) is 0 Å². The van der Waals surface area contributed by atoms with E-state index < -0.39 is 12.1 Å². The fourth-order valence-electron chi connectivity index (χ4n) is 1.53. The van der Waals surface area contributed by atoms with Crippen molar-refractivity contribution >= 4 is 17.7 Å². The molecule has 1 aromatic carbocycles. The largest absolute Gasteiger partial charge is 0.465 e. The van der Waals surface area contributed by atoms with Crippen LogP contribution in [0.4, 0.5) is 4.79 Å². The van der Waals surface area contributed by atoms with Crippen molar-refractivity contribution in [2.75, 3.05) is 0 Å². The molecule has 8 heteroatoms. The van der Waals surface area contributed by atoms with Crippen molar-refractivity contribution < 1.29 is 9.90 Å². The molecular weight excluding hydrogens is 258 g/mol. The van der Waals surface area contributed by atoms with Crippen LogP contribution in [-0.2, 0) is 6.42 Å². The van der Waals surface area contributed by atoms with Crippen LogP contribution in [0.5, 0.6) is 0 Å². The number of nitrogens with zero attached hydrogens (tertiary/aromatic N) is 3. The SMILES string of the molecule is O=C(O)N[C@@H](Cc1ccc(Cl)cc1)c1nn[nH]n1. The van der Waals surface area contributed by atoms with Gasteiger partial charge in [-0.05, 0) is 17.7 Å². The summed E-state index contributed by atoms with van der Waals surface area (Å²) in [4.78, 5) is 10.7. The molecule has 1 heterocycles. The number of halogens is 1. The molecule has 0 spiro atoms. The summed E-state index contributed by atoms with van der Waals surface area (Å²) in [6, 6.07) is 6.57. The van der Waals surface area contributed by atoms with Gasteiger partial charge in [-0.2, -0.15) is 5.21 Å². The Morgan fingerprint density at radius 1 is 1.44 bits per heavy atom. The van der Waals surface area contributed by atoms with Gasteiger partial charge in [0.2, 0.25) is 0 Å². The minimum Gasteiger partial charge on any atom is -0.465 e. The Balaban J connectivity index is 2.15. The van der Waals surface area contributed by atoms with E-state index in [4.69, 9.17) is 16.7 Å². The molecule has 1 atom stereocenters. The van der Waals surface area contributed by atoms with Gasteiger partial charge in [-0.3, -0.25) is 0 Å². The third-order valence-electron chi connectivity index (χ3n) is 2.32. The number of benzene rings is 1. The lowest BCUT2D eigenvalue weighted by atomic mass is 10.1. The van der Waals surface area contributed by atoms with E-state index in [1.807, 2.05) is 12.1 Å². The van der Waals surface area contributed by atoms with Gasteiger partial charge in [-0.1, -0.05) is 28.9 Å². The summed E-state index contributed by atoms with van der Waals surface area (Å²) < 4.78 is 0. The highest BCUT2D eigenvalue weighted by Gasteiger charge is 2.18. The number of carbonyl (C=O) groups is 1. The van der Waals surface area contributed by atoms with Gasteiger partial charge < -0.3 is 10.4 Å². The Hall–Kier alpha value is -2.15. The lowest BCUT2D eigenvalue weighted by molar-refractivity contribution is 0.189. The summed E-state index contributed by atoms with van der Waals surface area (Å²) in [6.07, 6.45) is -0.720. The summed E-state index contributed by atoms with van der Waals surface area (Å²) in [5, 5.41) is 25.0. The zero-order chi connectivity index (χ0) is 13.0. The normalized spacial score (nSPS) is 12.1. The molecule has 94 valence electrons. The van der Waals surface area contributed by atoms with E-state index in [0.29, 0.717) is 17.3 Å². The molecule has 0 saturated heterocycles. The standard InChI is InChI=1S/C10H10ClN5O2/c11-7-3-1-6(2-4-7)5-8(12-10(17)18)9-13-15-16-14-9/h1-4,8,12H,5H2,(H,17,18)(H,13,14,15,16)/t8-/m0/s1. The lowest BCUT2D eigenvalue weighted by Crippen LogP contribution is -2.29. The first-order valence-corrected chi connectivity index (χ1v) is 5.50. The molecule has 2 aromatic rings. The van der Waals surface area contributed by atoms with Crippen LogP contribution in [0.1, 0.15) is 17.4 Å². The molecule has 0 fully saturated rings. The number of aromatic amines is 1. The number of H-pyrrole nitrogens is 1. The van der Waals surface area contributed by atoms with E-state index in [0.717, 1.165) is 5.56 Å². The molecule has 0 saturated carbocycles. The van der Waals surface area contributed by atoms with Crippen molar-refractivity contribution in [1.29, 1.82) is 0 Å². The molecule has 0 unspecified atom stereocenters. The van der Waals surface area contributed by atoms with Crippen molar-refractivity contribution in [1.82, 2.24) is 25.9 Å². The smallest absolute Gasteiger partial charge is 0.405 e. The highest BCUT2D eigenvalue weighted by molar-refractivity contribution is 6.30. The molecule has 7 nitrogen and oxygen atoms in total. The molecule has 0 aliphatic heterocycles. The van der Waals surface area contributed by atoms with E-state index in [1.165, 1.54) is 0 Å². The molecule has 2 rings (SSSR count). The Kier molecular flexibility index (Phi) is 3.73. The lowest BCUT2D eigenvalue weighted by Gasteiger charge is -2.12. The van der Waals surface area contributed by atoms with E-state index in [1.54, 1.807) is 12.1 Å². The van der Waals surface area contributed by atoms with E-state index in [9.17, 15) is 4.79 Å². The first kappa shape index (κ1) is 12.3. The Labute approximate surface area is 107 Å². The summed E-state index contributed by atoms with van der Waals surface area (Å²) in [5.74, 6) is 0.298. The number of rotatable bonds is 4. The van der Waals surface area contributed by atoms with Gasteiger partial charge in [0, 0.05) is 11.4 Å². The molecule has 0 radical (unpaired) electrons. The molecular formula is C10H10ClN5O2. The Morgan fingerprint density at radius 3 is 2.72 bits per heavy atom. The predicted octanol–water partition coefficient (Wildman–Crippen LogP) is 1.40. The second-order valence-electron chi connectivity index (χ2n) is 3.60. The van der Waals surface area contributed by atoms with Crippen LogP contribution in [0.15, 0.2) is 24.3 Å². The van der Waals surface area contributed by atoms with Crippen molar-refractivity contribution in [3.63, 3.8) is 0 Å². The average Bonchev–Trinajstić information content (AvgIpc) is 2.84. The maximum atomic E-state index is 10.7. The van der Waals surface area contributed by atoms with Crippen LogP contribution in [0.2, 0.25) is 5.02 Å². The summed E-state index contributed by atoms with van der Waals surface area (Å²) in [7, 11) is 0. The van der Waals surface area contributed by atoms with Crippen LogP contribution in [0, 0.1) is 0 Å². The van der Waals surface area contributed by atoms with E-state index in [2.05, 4.69) is 25.9 Å². The Bertz CT molecular complexity index is 514. The van der Waals surface area contributed by atoms with Gasteiger partial charge >= 0.3 is 6.09 Å². The maximum Gasteiger partial charge on any atom is 0.405 e. The van der Waals surface area contributed by atoms with Gasteiger partial charge in [-0.25, -0.2) is 4.79 Å². The molecule has 0 aliphatic carbocycles. The summed E-state index contributed by atoms with van der Waals surface area (Å²) >= 11 is 5.78. The van der Waals surface area contributed by atoms with Gasteiger partial charge in [0.25, 0.3) is 0 Å². The van der Waals surface area contributed by atoms with E-state index in [-0.39, 0.29) is 0 Å². The summed E-state index contributed by atoms with van der Waals surface area (Å²) in [6.45, 7) is 0. The number of hydrogen-bond acceptors (Lipinski definition) is 4. The quantitative estimate of drug-likeness (QED) is 0.777. The third kappa shape index (κ3) is 3.17. The monoisotopic (exact) mass is 267 g/mol. The van der Waals surface area contributed by atoms with Crippen LogP contribution in [-0.4, -0.2) is 31.8 Å². The number of tetrazole rings is 1. The average molecular weight is 268 g/mol. The van der Waals surface area contributed by atoms with Gasteiger partial charge in [0.1, 0.15) is 6.04 Å². The summed E-state index contributed by atoms with van der Waals surface area (Å²) in [5.41, 5.74) is 0.919. The highest BCUT2D eigenvalue weighted by Crippen LogP contribution is 2.16. The van der Waals surface area contributed by atoms with Crippen molar-refractivity contribution in [2.24, 2.45) is 0 Å². The van der Waals surface area contributed by atoms with E-state index >= 15 is 0 Å². The molecule has 1 amide bonds. The van der Waals surface area contributed by atoms with Crippen LogP contribution < -0.4 is 5.32 Å². The van der Waals surface area contributed by atoms with Gasteiger partial charge in [-0.15, -0.1) is 10.2 Å². The fraction of sp³-hybridized carbons (Fsp3) is 0.200. The molecule has 1 aromatic heterocycles. The van der Waals surface area contributed by atoms with Crippen molar-refractivity contribution in [3.8, 4) is 0 Å². The Morgan fingerprint density at radius 2 is 2.17 bits per heavy atom. The zero-order valence-electron chi connectivity index (χ0n) is 9.17. The first-order valence-electron chi connectivity index (χ1n) is 5.12. The van der Waals surface area contributed by atoms with Gasteiger partial charge in [0.05, 0.1) is 0 Å². The number of nitrogens with one attached hydrogen (secondary N) is 2. The molecule has 3 N–H and O–H groups in total. The number of amides is 1. The topological polar surface area (TPSA) is 104 Å². The minimum absolute atomic E-state index is 0.298. The van der Waals surface area contributed by atoms with Gasteiger partial charge in [0.15, 0.2) is 5.82 Å². The van der Waals surface area contributed by atoms with Crippen molar-refractivity contribution in [3.05, 3.63) is 40.7 Å². The first-order chi connectivity index (χ1) is 8.65. The molecule has 0 aliphatic rings. The second kappa shape index (κ2) is 5.46.